The minimum atomic E-state index is -0.503. The van der Waals surface area contributed by atoms with E-state index in [2.05, 4.69) is 58.2 Å². The molecular formula is C13H11Br3N4O3. The second kappa shape index (κ2) is 7.54. The Morgan fingerprint density at radius 2 is 2.00 bits per heavy atom. The van der Waals surface area contributed by atoms with E-state index in [4.69, 9.17) is 0 Å². The van der Waals surface area contributed by atoms with Crippen LogP contribution in [0.5, 0.6) is 0 Å². The van der Waals surface area contributed by atoms with Gasteiger partial charge in [-0.2, -0.15) is 5.10 Å². The molecule has 0 aliphatic rings. The zero-order valence-corrected chi connectivity index (χ0v) is 16.6. The predicted molar refractivity (Wildman–Crippen MR) is 96.4 cm³/mol. The Morgan fingerprint density at radius 1 is 1.39 bits per heavy atom. The summed E-state index contributed by atoms with van der Waals surface area (Å²) in [7, 11) is 0. The van der Waals surface area contributed by atoms with Crippen molar-refractivity contribution in [2.45, 2.75) is 19.4 Å². The van der Waals surface area contributed by atoms with Gasteiger partial charge in [0.05, 0.1) is 21.3 Å². The van der Waals surface area contributed by atoms with Gasteiger partial charge in [-0.15, -0.1) is 0 Å². The Morgan fingerprint density at radius 3 is 2.43 bits per heavy atom. The number of hydrogen-bond acceptors (Lipinski definition) is 4. The third-order valence-electron chi connectivity index (χ3n) is 3.06. The van der Waals surface area contributed by atoms with Crippen LogP contribution < -0.4 is 5.32 Å². The molecule has 7 nitrogen and oxygen atoms in total. The van der Waals surface area contributed by atoms with Gasteiger partial charge in [0.1, 0.15) is 6.04 Å². The smallest absolute Gasteiger partial charge is 0.271 e. The number of halogens is 3. The number of hydrogen-bond donors (Lipinski definition) is 1. The summed E-state index contributed by atoms with van der Waals surface area (Å²) in [6.07, 6.45) is 3.86. The van der Waals surface area contributed by atoms with Gasteiger partial charge >= 0.3 is 0 Å². The number of anilines is 1. The highest BCUT2D eigenvalue weighted by Gasteiger charge is 2.22. The van der Waals surface area contributed by atoms with Crippen LogP contribution in [0.1, 0.15) is 19.4 Å². The second-order valence-corrected chi connectivity index (χ2v) is 7.22. The van der Waals surface area contributed by atoms with Crippen LogP contribution in [0.4, 0.5) is 11.4 Å². The molecule has 1 unspecified atom stereocenters. The van der Waals surface area contributed by atoms with Crippen LogP contribution in [0.3, 0.4) is 0 Å². The molecule has 23 heavy (non-hydrogen) atoms. The number of carbonyl (C=O) groups is 1. The number of carbonyl (C=O) groups excluding carboxylic acids is 1. The van der Waals surface area contributed by atoms with Crippen molar-refractivity contribution in [1.29, 1.82) is 0 Å². The lowest BCUT2D eigenvalue weighted by atomic mass is 10.2. The molecule has 0 aliphatic carbocycles. The summed E-state index contributed by atoms with van der Waals surface area (Å²) in [5, 5.41) is 17.7. The Bertz CT molecular complexity index is 740. The molecule has 0 fully saturated rings. The fourth-order valence-corrected chi connectivity index (χ4v) is 3.63. The van der Waals surface area contributed by atoms with Gasteiger partial charge in [0.15, 0.2) is 0 Å². The van der Waals surface area contributed by atoms with Gasteiger partial charge in [-0.05, 0) is 54.2 Å². The van der Waals surface area contributed by atoms with Gasteiger partial charge < -0.3 is 5.32 Å². The highest BCUT2D eigenvalue weighted by Crippen LogP contribution is 2.35. The first-order valence-electron chi connectivity index (χ1n) is 6.47. The Hall–Kier alpha value is -1.26. The lowest BCUT2D eigenvalue weighted by Gasteiger charge is -2.17. The van der Waals surface area contributed by atoms with E-state index in [0.29, 0.717) is 21.1 Å². The van der Waals surface area contributed by atoms with Gasteiger partial charge in [-0.25, -0.2) is 0 Å². The number of non-ortho nitro benzene ring substituents is 1. The maximum atomic E-state index is 12.5. The van der Waals surface area contributed by atoms with E-state index < -0.39 is 11.0 Å². The van der Waals surface area contributed by atoms with Crippen molar-refractivity contribution in [2.75, 3.05) is 5.32 Å². The lowest BCUT2D eigenvalue weighted by Crippen LogP contribution is -2.26. The molecule has 1 N–H and O–H groups in total. The maximum Gasteiger partial charge on any atom is 0.271 e. The molecule has 1 atom stereocenters. The summed E-state index contributed by atoms with van der Waals surface area (Å²) in [6.45, 7) is 1.87. The average molecular weight is 511 g/mol. The summed E-state index contributed by atoms with van der Waals surface area (Å²) >= 11 is 9.79. The summed E-state index contributed by atoms with van der Waals surface area (Å²) in [5.41, 5.74) is 0.357. The van der Waals surface area contributed by atoms with Crippen LogP contribution in [0.15, 0.2) is 37.9 Å². The monoisotopic (exact) mass is 508 g/mol. The van der Waals surface area contributed by atoms with E-state index in [-0.39, 0.29) is 11.6 Å². The predicted octanol–water partition coefficient (Wildman–Crippen LogP) is 4.67. The van der Waals surface area contributed by atoms with Crippen LogP contribution in [0.2, 0.25) is 0 Å². The molecule has 1 aromatic carbocycles. The summed E-state index contributed by atoms with van der Waals surface area (Å²) in [5.74, 6) is -0.265. The molecule has 0 radical (unpaired) electrons. The van der Waals surface area contributed by atoms with Gasteiger partial charge in [0.25, 0.3) is 5.69 Å². The fourth-order valence-electron chi connectivity index (χ4n) is 1.97. The zero-order chi connectivity index (χ0) is 17.1. The molecule has 0 bridgehead atoms. The number of benzene rings is 1. The molecule has 0 spiro atoms. The van der Waals surface area contributed by atoms with Gasteiger partial charge in [-0.1, -0.05) is 6.92 Å². The first-order valence-corrected chi connectivity index (χ1v) is 8.85. The first kappa shape index (κ1) is 18.1. The van der Waals surface area contributed by atoms with E-state index >= 15 is 0 Å². The second-order valence-electron chi connectivity index (χ2n) is 4.59. The summed E-state index contributed by atoms with van der Waals surface area (Å²) in [6, 6.07) is 2.19. The number of rotatable bonds is 5. The topological polar surface area (TPSA) is 90.1 Å². The van der Waals surface area contributed by atoms with Crippen molar-refractivity contribution in [1.82, 2.24) is 9.78 Å². The van der Waals surface area contributed by atoms with Crippen molar-refractivity contribution in [3.05, 3.63) is 48.1 Å². The van der Waals surface area contributed by atoms with Gasteiger partial charge in [0, 0.05) is 27.3 Å². The standard InChI is InChI=1S/C13H11Br3N4O3/c1-2-11(19-6-7(14)5-17-19)13(21)18-12-9(15)3-8(20(22)23)4-10(12)16/h3-6,11H,2H2,1H3,(H,18,21). The van der Waals surface area contributed by atoms with Crippen molar-refractivity contribution in [3.8, 4) is 0 Å². The third-order valence-corrected chi connectivity index (χ3v) is 4.72. The average Bonchev–Trinajstić information content (AvgIpc) is 2.89. The fraction of sp³-hybridized carbons (Fsp3) is 0.231. The van der Waals surface area contributed by atoms with Crippen LogP contribution in [0, 0.1) is 10.1 Å². The largest absolute Gasteiger partial charge is 0.322 e. The van der Waals surface area contributed by atoms with E-state index in [1.54, 1.807) is 17.1 Å². The molecule has 1 aromatic heterocycles. The lowest BCUT2D eigenvalue weighted by molar-refractivity contribution is -0.385. The van der Waals surface area contributed by atoms with E-state index in [0.717, 1.165) is 4.47 Å². The molecular weight excluding hydrogens is 500 g/mol. The molecule has 1 amide bonds. The molecule has 0 saturated heterocycles. The number of nitro groups is 1. The van der Waals surface area contributed by atoms with Crippen molar-refractivity contribution in [2.24, 2.45) is 0 Å². The molecule has 10 heteroatoms. The van der Waals surface area contributed by atoms with Crippen molar-refractivity contribution >= 4 is 65.1 Å². The van der Waals surface area contributed by atoms with Gasteiger partial charge in [-0.3, -0.25) is 19.6 Å². The molecule has 2 aromatic rings. The van der Waals surface area contributed by atoms with Crippen LogP contribution >= 0.6 is 47.8 Å². The molecule has 0 aliphatic heterocycles. The maximum absolute atomic E-state index is 12.5. The van der Waals surface area contributed by atoms with Crippen LogP contribution in [-0.4, -0.2) is 20.6 Å². The number of amides is 1. The van der Waals surface area contributed by atoms with Crippen LogP contribution in [-0.2, 0) is 4.79 Å². The third kappa shape index (κ3) is 4.18. The zero-order valence-electron chi connectivity index (χ0n) is 11.8. The minimum absolute atomic E-state index is 0.0789. The number of nitro benzene ring substituents is 1. The SMILES string of the molecule is CCC(C(=O)Nc1c(Br)cc([N+](=O)[O-])cc1Br)n1cc(Br)cn1. The van der Waals surface area contributed by atoms with Crippen LogP contribution in [0.25, 0.3) is 0 Å². The number of aromatic nitrogens is 2. The van der Waals surface area contributed by atoms with E-state index in [9.17, 15) is 14.9 Å². The molecule has 1 heterocycles. The number of nitrogens with zero attached hydrogens (tertiary/aromatic N) is 3. The molecule has 2 rings (SSSR count). The van der Waals surface area contributed by atoms with Crippen molar-refractivity contribution < 1.29 is 9.72 Å². The summed E-state index contributed by atoms with van der Waals surface area (Å²) < 4.78 is 3.18. The first-order chi connectivity index (χ1) is 10.8. The quantitative estimate of drug-likeness (QED) is 0.467. The molecule has 122 valence electrons. The highest BCUT2D eigenvalue weighted by molar-refractivity contribution is 9.11. The summed E-state index contributed by atoms with van der Waals surface area (Å²) in [4.78, 5) is 22.9. The normalized spacial score (nSPS) is 12.0. The van der Waals surface area contributed by atoms with E-state index in [1.165, 1.54) is 12.1 Å². The Labute approximate surface area is 157 Å². The highest BCUT2D eigenvalue weighted by atomic mass is 79.9. The Kier molecular flexibility index (Phi) is 5.93. The number of nitrogens with one attached hydrogen (secondary N) is 1. The molecule has 0 saturated carbocycles. The van der Waals surface area contributed by atoms with E-state index in [1.807, 2.05) is 6.92 Å². The van der Waals surface area contributed by atoms with Crippen molar-refractivity contribution in [3.63, 3.8) is 0 Å². The van der Waals surface area contributed by atoms with Gasteiger partial charge in [0.2, 0.25) is 5.91 Å². The Balaban J connectivity index is 2.27. The minimum Gasteiger partial charge on any atom is -0.322 e.